The molecule has 37 heavy (non-hydrogen) atoms. The number of hydrazone groups is 1. The minimum Gasteiger partial charge on any atom is -0.481 e. The highest BCUT2D eigenvalue weighted by molar-refractivity contribution is 6.30. The number of methoxy groups -OCH3 is 1. The maximum Gasteiger partial charge on any atom is 0.213 e. The van der Waals surface area contributed by atoms with Crippen molar-refractivity contribution >= 4 is 34.0 Å². The Balaban J connectivity index is 1.34. The summed E-state index contributed by atoms with van der Waals surface area (Å²) in [5.41, 5.74) is 12.6. The molecule has 2 N–H and O–H groups in total. The molecule has 0 spiro atoms. The van der Waals surface area contributed by atoms with E-state index in [0.29, 0.717) is 27.9 Å². The summed E-state index contributed by atoms with van der Waals surface area (Å²) < 4.78 is 11.4. The maximum absolute atomic E-state index is 6.68. The SMILES string of the molecule is COc1ccc2nccc(Oc3ccc(N4N=C(c5ccc(Cl)cc5)c5ccccc5C4N)cc3)c2n1. The molecule has 5 aromatic rings. The maximum atomic E-state index is 6.68. The van der Waals surface area contributed by atoms with Crippen molar-refractivity contribution in [1.29, 1.82) is 0 Å². The Bertz CT molecular complexity index is 1620. The molecule has 8 heteroatoms. The number of nitrogens with zero attached hydrogens (tertiary/aromatic N) is 4. The Morgan fingerprint density at radius 3 is 2.46 bits per heavy atom. The molecule has 3 heterocycles. The Morgan fingerprint density at radius 2 is 1.68 bits per heavy atom. The van der Waals surface area contributed by atoms with Crippen LogP contribution in [0.2, 0.25) is 5.02 Å². The van der Waals surface area contributed by atoms with Crippen molar-refractivity contribution in [3.8, 4) is 17.4 Å². The van der Waals surface area contributed by atoms with Gasteiger partial charge in [-0.05, 0) is 42.5 Å². The number of fused-ring (bicyclic) bond motifs is 2. The fourth-order valence-electron chi connectivity index (χ4n) is 4.34. The third kappa shape index (κ3) is 4.35. The number of hydrogen-bond acceptors (Lipinski definition) is 7. The largest absolute Gasteiger partial charge is 0.481 e. The number of pyridine rings is 2. The van der Waals surface area contributed by atoms with Crippen molar-refractivity contribution in [2.24, 2.45) is 10.8 Å². The molecule has 0 aliphatic carbocycles. The lowest BCUT2D eigenvalue weighted by Gasteiger charge is -2.33. The van der Waals surface area contributed by atoms with Gasteiger partial charge in [-0.25, -0.2) is 9.99 Å². The first-order chi connectivity index (χ1) is 18.1. The highest BCUT2D eigenvalue weighted by Gasteiger charge is 2.27. The average molecular weight is 508 g/mol. The van der Waals surface area contributed by atoms with Gasteiger partial charge in [-0.15, -0.1) is 0 Å². The zero-order chi connectivity index (χ0) is 25.4. The quantitative estimate of drug-likeness (QED) is 0.300. The summed E-state index contributed by atoms with van der Waals surface area (Å²) in [6.07, 6.45) is 1.25. The molecule has 1 unspecified atom stereocenters. The summed E-state index contributed by atoms with van der Waals surface area (Å²) in [6.45, 7) is 0. The van der Waals surface area contributed by atoms with Crippen LogP contribution in [0, 0.1) is 0 Å². The molecule has 6 rings (SSSR count). The molecule has 1 atom stereocenters. The van der Waals surface area contributed by atoms with E-state index in [-0.39, 0.29) is 0 Å². The van der Waals surface area contributed by atoms with Crippen LogP contribution in [0.5, 0.6) is 17.4 Å². The average Bonchev–Trinajstić information content (AvgIpc) is 2.94. The van der Waals surface area contributed by atoms with Gasteiger partial charge in [-0.3, -0.25) is 4.98 Å². The number of nitrogens with two attached hydrogens (primary N) is 1. The van der Waals surface area contributed by atoms with E-state index >= 15 is 0 Å². The van der Waals surface area contributed by atoms with Crippen LogP contribution < -0.4 is 20.2 Å². The van der Waals surface area contributed by atoms with Gasteiger partial charge in [0.15, 0.2) is 5.75 Å². The van der Waals surface area contributed by atoms with Crippen LogP contribution in [-0.4, -0.2) is 22.8 Å². The van der Waals surface area contributed by atoms with Gasteiger partial charge in [0.05, 0.1) is 24.0 Å². The molecule has 0 saturated heterocycles. The highest BCUT2D eigenvalue weighted by atomic mass is 35.5. The summed E-state index contributed by atoms with van der Waals surface area (Å²) in [5.74, 6) is 1.73. The van der Waals surface area contributed by atoms with Crippen LogP contribution in [0.25, 0.3) is 11.0 Å². The van der Waals surface area contributed by atoms with Crippen molar-refractivity contribution in [2.45, 2.75) is 6.17 Å². The third-order valence-corrected chi connectivity index (χ3v) is 6.43. The molecule has 0 amide bonds. The molecule has 1 aliphatic rings. The first-order valence-corrected chi connectivity index (χ1v) is 12.0. The molecule has 0 saturated carbocycles. The molecule has 3 aromatic carbocycles. The number of ether oxygens (including phenoxy) is 2. The number of aromatic nitrogens is 2. The highest BCUT2D eigenvalue weighted by Crippen LogP contribution is 2.35. The number of benzene rings is 3. The monoisotopic (exact) mass is 507 g/mol. The van der Waals surface area contributed by atoms with Crippen LogP contribution in [0.4, 0.5) is 5.69 Å². The van der Waals surface area contributed by atoms with Gasteiger partial charge in [0.25, 0.3) is 0 Å². The second kappa shape index (κ2) is 9.54. The van der Waals surface area contributed by atoms with Crippen LogP contribution in [0.3, 0.4) is 0 Å². The molecular weight excluding hydrogens is 486 g/mol. The van der Waals surface area contributed by atoms with Gasteiger partial charge in [0.1, 0.15) is 17.4 Å². The van der Waals surface area contributed by atoms with Crippen molar-refractivity contribution < 1.29 is 9.47 Å². The number of rotatable bonds is 5. The van der Waals surface area contributed by atoms with E-state index in [1.807, 2.05) is 83.9 Å². The van der Waals surface area contributed by atoms with Crippen molar-refractivity contribution in [2.75, 3.05) is 12.1 Å². The van der Waals surface area contributed by atoms with Gasteiger partial charge >= 0.3 is 0 Å². The molecule has 7 nitrogen and oxygen atoms in total. The standard InChI is InChI=1S/C29H22ClN5O2/c1-36-26-15-14-24-28(33-26)25(16-17-32-24)37-21-12-10-20(11-13-21)35-29(31)23-5-3-2-4-22(23)27(34-35)18-6-8-19(30)9-7-18/h2-17,29H,31H2,1H3. The van der Waals surface area contributed by atoms with Crippen molar-refractivity contribution in [1.82, 2.24) is 9.97 Å². The molecule has 0 bridgehead atoms. The van der Waals surface area contributed by atoms with Gasteiger partial charge in [0, 0.05) is 40.0 Å². The topological polar surface area (TPSA) is 85.9 Å². The zero-order valence-electron chi connectivity index (χ0n) is 19.9. The second-order valence-electron chi connectivity index (χ2n) is 8.46. The molecule has 0 radical (unpaired) electrons. The molecule has 182 valence electrons. The lowest BCUT2D eigenvalue weighted by Crippen LogP contribution is -2.36. The molecule has 2 aromatic heterocycles. The Hall–Kier alpha value is -4.46. The minimum atomic E-state index is -0.445. The van der Waals surface area contributed by atoms with Crippen molar-refractivity contribution in [3.63, 3.8) is 0 Å². The second-order valence-corrected chi connectivity index (χ2v) is 8.89. The Morgan fingerprint density at radius 1 is 0.892 bits per heavy atom. The third-order valence-electron chi connectivity index (χ3n) is 6.18. The normalized spacial score (nSPS) is 14.7. The van der Waals surface area contributed by atoms with E-state index in [4.69, 9.17) is 31.9 Å². The van der Waals surface area contributed by atoms with Gasteiger partial charge in [-0.2, -0.15) is 5.10 Å². The summed E-state index contributed by atoms with van der Waals surface area (Å²) in [7, 11) is 1.58. The van der Waals surface area contributed by atoms with Crippen LogP contribution in [-0.2, 0) is 0 Å². The minimum absolute atomic E-state index is 0.445. The zero-order valence-corrected chi connectivity index (χ0v) is 20.6. The number of halogens is 1. The predicted molar refractivity (Wildman–Crippen MR) is 146 cm³/mol. The van der Waals surface area contributed by atoms with E-state index in [1.54, 1.807) is 25.4 Å². The van der Waals surface area contributed by atoms with Crippen LogP contribution in [0.15, 0.2) is 102 Å². The molecule has 1 aliphatic heterocycles. The lowest BCUT2D eigenvalue weighted by molar-refractivity contribution is 0.399. The summed E-state index contributed by atoms with van der Waals surface area (Å²) in [4.78, 5) is 8.85. The smallest absolute Gasteiger partial charge is 0.213 e. The predicted octanol–water partition coefficient (Wildman–Crippen LogP) is 6.31. The fraction of sp³-hybridized carbons (Fsp3) is 0.0690. The number of hydrogen-bond donors (Lipinski definition) is 1. The summed E-state index contributed by atoms with van der Waals surface area (Å²) >= 11 is 6.12. The number of anilines is 1. The Kier molecular flexibility index (Phi) is 5.92. The van der Waals surface area contributed by atoms with Gasteiger partial charge < -0.3 is 15.2 Å². The lowest BCUT2D eigenvalue weighted by atomic mass is 9.94. The van der Waals surface area contributed by atoms with Gasteiger partial charge in [-0.1, -0.05) is 48.0 Å². The Labute approximate surface area is 218 Å². The first-order valence-electron chi connectivity index (χ1n) is 11.7. The van der Waals surface area contributed by atoms with Crippen LogP contribution in [0.1, 0.15) is 22.9 Å². The van der Waals surface area contributed by atoms with E-state index < -0.39 is 6.17 Å². The van der Waals surface area contributed by atoms with Gasteiger partial charge in [0.2, 0.25) is 5.88 Å². The van der Waals surface area contributed by atoms with Crippen molar-refractivity contribution in [3.05, 3.63) is 119 Å². The molecular formula is C29H22ClN5O2. The van der Waals surface area contributed by atoms with E-state index in [2.05, 4.69) is 9.97 Å². The van der Waals surface area contributed by atoms with Crippen LogP contribution >= 0.6 is 11.6 Å². The van der Waals surface area contributed by atoms with E-state index in [9.17, 15) is 0 Å². The summed E-state index contributed by atoms with van der Waals surface area (Å²) in [6, 6.07) is 28.7. The van der Waals surface area contributed by atoms with E-state index in [1.165, 1.54) is 0 Å². The first kappa shape index (κ1) is 23.0. The fourth-order valence-corrected chi connectivity index (χ4v) is 4.46. The molecule has 0 fully saturated rings. The summed E-state index contributed by atoms with van der Waals surface area (Å²) in [5, 5.41) is 7.45. The van der Waals surface area contributed by atoms with E-state index in [0.717, 1.165) is 33.6 Å².